The van der Waals surface area contributed by atoms with Crippen molar-refractivity contribution in [3.63, 3.8) is 0 Å². The molecule has 0 radical (unpaired) electrons. The average molecular weight is 275 g/mol. The largest absolute Gasteiger partial charge is 0.466 e. The van der Waals surface area contributed by atoms with Crippen LogP contribution in [-0.2, 0) is 16.1 Å². The molecule has 0 spiro atoms. The van der Waals surface area contributed by atoms with Gasteiger partial charge in [0.25, 0.3) is 0 Å². The van der Waals surface area contributed by atoms with Crippen LogP contribution in [0.3, 0.4) is 0 Å². The van der Waals surface area contributed by atoms with Crippen molar-refractivity contribution >= 4 is 5.97 Å². The molecule has 110 valence electrons. The number of hydrogen-bond acceptors (Lipinski definition) is 3. The maximum absolute atomic E-state index is 11.5. The van der Waals surface area contributed by atoms with Gasteiger partial charge in [0.15, 0.2) is 0 Å². The zero-order valence-corrected chi connectivity index (χ0v) is 12.6. The first-order valence-electron chi connectivity index (χ1n) is 7.61. The minimum Gasteiger partial charge on any atom is -0.466 e. The lowest BCUT2D eigenvalue weighted by atomic mass is 9.93. The van der Waals surface area contributed by atoms with Crippen LogP contribution in [0.1, 0.15) is 37.3 Å². The van der Waals surface area contributed by atoms with E-state index in [1.165, 1.54) is 11.1 Å². The Labute approximate surface area is 121 Å². The maximum Gasteiger partial charge on any atom is 0.306 e. The standard InChI is InChI=1S/C17H25NO2/c1-3-20-17(19)12-15-8-10-18(11-9-15)13-16-6-4-14(2)5-7-16/h4-7,15H,3,8-13H2,1-2H3. The van der Waals surface area contributed by atoms with Gasteiger partial charge in [0.2, 0.25) is 0 Å². The Morgan fingerprint density at radius 2 is 1.90 bits per heavy atom. The number of piperidine rings is 1. The fourth-order valence-corrected chi connectivity index (χ4v) is 2.76. The predicted octanol–water partition coefficient (Wildman–Crippen LogP) is 3.16. The third-order valence-electron chi connectivity index (χ3n) is 3.99. The second-order valence-electron chi connectivity index (χ2n) is 5.71. The van der Waals surface area contributed by atoms with Crippen LogP contribution in [0, 0.1) is 12.8 Å². The van der Waals surface area contributed by atoms with Crippen LogP contribution in [0.4, 0.5) is 0 Å². The predicted molar refractivity (Wildman–Crippen MR) is 80.4 cm³/mol. The summed E-state index contributed by atoms with van der Waals surface area (Å²) in [5.41, 5.74) is 2.68. The molecular weight excluding hydrogens is 250 g/mol. The van der Waals surface area contributed by atoms with E-state index in [-0.39, 0.29) is 5.97 Å². The van der Waals surface area contributed by atoms with Gasteiger partial charge in [0, 0.05) is 13.0 Å². The topological polar surface area (TPSA) is 29.5 Å². The molecule has 0 aliphatic carbocycles. The SMILES string of the molecule is CCOC(=O)CC1CCN(Cc2ccc(C)cc2)CC1. The van der Waals surface area contributed by atoms with E-state index in [1.54, 1.807) is 0 Å². The summed E-state index contributed by atoms with van der Waals surface area (Å²) in [6, 6.07) is 8.76. The van der Waals surface area contributed by atoms with Crippen LogP contribution in [0.5, 0.6) is 0 Å². The molecule has 0 unspecified atom stereocenters. The Hall–Kier alpha value is -1.35. The van der Waals surface area contributed by atoms with Gasteiger partial charge in [0.1, 0.15) is 0 Å². The molecule has 0 amide bonds. The fourth-order valence-electron chi connectivity index (χ4n) is 2.76. The summed E-state index contributed by atoms with van der Waals surface area (Å²) in [5, 5.41) is 0. The number of nitrogens with zero attached hydrogens (tertiary/aromatic N) is 1. The summed E-state index contributed by atoms with van der Waals surface area (Å²) in [6.45, 7) is 7.65. The number of aryl methyl sites for hydroxylation is 1. The minimum absolute atomic E-state index is 0.0375. The van der Waals surface area contributed by atoms with Gasteiger partial charge >= 0.3 is 5.97 Å². The first-order valence-corrected chi connectivity index (χ1v) is 7.61. The molecule has 1 heterocycles. The van der Waals surface area contributed by atoms with Crippen molar-refractivity contribution < 1.29 is 9.53 Å². The van der Waals surface area contributed by atoms with Crippen molar-refractivity contribution in [1.82, 2.24) is 4.90 Å². The molecule has 1 aliphatic rings. The summed E-state index contributed by atoms with van der Waals surface area (Å²) in [4.78, 5) is 14.0. The number of benzene rings is 1. The highest BCUT2D eigenvalue weighted by Gasteiger charge is 2.21. The zero-order chi connectivity index (χ0) is 14.4. The number of ether oxygens (including phenoxy) is 1. The summed E-state index contributed by atoms with van der Waals surface area (Å²) in [6.07, 6.45) is 2.79. The molecule has 0 atom stereocenters. The van der Waals surface area contributed by atoms with Crippen molar-refractivity contribution in [3.8, 4) is 0 Å². The molecule has 0 saturated carbocycles. The molecular formula is C17H25NO2. The highest BCUT2D eigenvalue weighted by atomic mass is 16.5. The molecule has 0 aromatic heterocycles. The third kappa shape index (κ3) is 4.64. The van der Waals surface area contributed by atoms with Gasteiger partial charge in [-0.1, -0.05) is 29.8 Å². The van der Waals surface area contributed by atoms with E-state index in [0.29, 0.717) is 18.9 Å². The summed E-state index contributed by atoms with van der Waals surface area (Å²) < 4.78 is 5.03. The van der Waals surface area contributed by atoms with E-state index in [4.69, 9.17) is 4.74 Å². The van der Waals surface area contributed by atoms with Gasteiger partial charge in [-0.15, -0.1) is 0 Å². The molecule has 0 N–H and O–H groups in total. The Morgan fingerprint density at radius 3 is 2.50 bits per heavy atom. The van der Waals surface area contributed by atoms with Gasteiger partial charge in [-0.3, -0.25) is 9.69 Å². The number of carbonyl (C=O) groups excluding carboxylic acids is 1. The molecule has 2 rings (SSSR count). The lowest BCUT2D eigenvalue weighted by Crippen LogP contribution is -2.34. The number of likely N-dealkylation sites (tertiary alicyclic amines) is 1. The van der Waals surface area contributed by atoms with Crippen LogP contribution in [0.15, 0.2) is 24.3 Å². The molecule has 1 saturated heterocycles. The van der Waals surface area contributed by atoms with Crippen LogP contribution in [0.2, 0.25) is 0 Å². The highest BCUT2D eigenvalue weighted by Crippen LogP contribution is 2.22. The molecule has 1 aromatic carbocycles. The van der Waals surface area contributed by atoms with E-state index in [9.17, 15) is 4.79 Å². The zero-order valence-electron chi connectivity index (χ0n) is 12.6. The van der Waals surface area contributed by atoms with E-state index in [1.807, 2.05) is 6.92 Å². The smallest absolute Gasteiger partial charge is 0.306 e. The number of carbonyl (C=O) groups is 1. The van der Waals surface area contributed by atoms with Crippen LogP contribution < -0.4 is 0 Å². The van der Waals surface area contributed by atoms with Crippen molar-refractivity contribution in [1.29, 1.82) is 0 Å². The van der Waals surface area contributed by atoms with Crippen LogP contribution in [0.25, 0.3) is 0 Å². The molecule has 3 heteroatoms. The molecule has 0 bridgehead atoms. The first kappa shape index (κ1) is 15.0. The molecule has 3 nitrogen and oxygen atoms in total. The van der Waals surface area contributed by atoms with E-state index in [0.717, 1.165) is 32.5 Å². The lowest BCUT2D eigenvalue weighted by Gasteiger charge is -2.31. The van der Waals surface area contributed by atoms with Gasteiger partial charge in [-0.05, 0) is 51.3 Å². The highest BCUT2D eigenvalue weighted by molar-refractivity contribution is 5.69. The van der Waals surface area contributed by atoms with Gasteiger partial charge in [0.05, 0.1) is 6.61 Å². The Kier molecular flexibility index (Phi) is 5.60. The summed E-state index contributed by atoms with van der Waals surface area (Å²) in [7, 11) is 0. The van der Waals surface area contributed by atoms with Crippen molar-refractivity contribution in [2.45, 2.75) is 39.7 Å². The number of hydrogen-bond donors (Lipinski definition) is 0. The minimum atomic E-state index is -0.0375. The quantitative estimate of drug-likeness (QED) is 0.773. The third-order valence-corrected chi connectivity index (χ3v) is 3.99. The second-order valence-corrected chi connectivity index (χ2v) is 5.71. The maximum atomic E-state index is 11.5. The number of rotatable bonds is 5. The van der Waals surface area contributed by atoms with E-state index in [2.05, 4.69) is 36.1 Å². The Balaban J connectivity index is 1.74. The average Bonchev–Trinajstić information content (AvgIpc) is 2.44. The summed E-state index contributed by atoms with van der Waals surface area (Å²) in [5.74, 6) is 0.466. The molecule has 1 aliphatic heterocycles. The Bertz CT molecular complexity index is 419. The molecule has 20 heavy (non-hydrogen) atoms. The van der Waals surface area contributed by atoms with Gasteiger partial charge in [-0.25, -0.2) is 0 Å². The second kappa shape index (κ2) is 7.44. The normalized spacial score (nSPS) is 17.1. The summed E-state index contributed by atoms with van der Waals surface area (Å²) >= 11 is 0. The Morgan fingerprint density at radius 1 is 1.25 bits per heavy atom. The van der Waals surface area contributed by atoms with E-state index >= 15 is 0 Å². The molecule has 1 aromatic rings. The fraction of sp³-hybridized carbons (Fsp3) is 0.588. The van der Waals surface area contributed by atoms with Gasteiger partial charge in [-0.2, -0.15) is 0 Å². The van der Waals surface area contributed by atoms with Gasteiger partial charge < -0.3 is 4.74 Å². The van der Waals surface area contributed by atoms with Crippen molar-refractivity contribution in [2.75, 3.05) is 19.7 Å². The molecule has 1 fully saturated rings. The monoisotopic (exact) mass is 275 g/mol. The first-order chi connectivity index (χ1) is 9.67. The van der Waals surface area contributed by atoms with Crippen molar-refractivity contribution in [2.24, 2.45) is 5.92 Å². The van der Waals surface area contributed by atoms with E-state index < -0.39 is 0 Å². The van der Waals surface area contributed by atoms with Crippen LogP contribution >= 0.6 is 0 Å². The lowest BCUT2D eigenvalue weighted by molar-refractivity contribution is -0.144. The number of esters is 1. The van der Waals surface area contributed by atoms with Crippen molar-refractivity contribution in [3.05, 3.63) is 35.4 Å². The van der Waals surface area contributed by atoms with Crippen LogP contribution in [-0.4, -0.2) is 30.6 Å².